The fraction of sp³-hybridized carbons (Fsp3) is 0.273. The number of anilines is 1. The van der Waals surface area contributed by atoms with E-state index >= 15 is 0 Å². The molecule has 84 valence electrons. The first-order chi connectivity index (χ1) is 7.65. The minimum absolute atomic E-state index is 0.0406. The topological polar surface area (TPSA) is 78.4 Å². The van der Waals surface area contributed by atoms with Crippen LogP contribution in [0, 0.1) is 22.5 Å². The van der Waals surface area contributed by atoms with Crippen LogP contribution in [0.3, 0.4) is 0 Å². The first-order valence-electron chi connectivity index (χ1n) is 4.75. The summed E-state index contributed by atoms with van der Waals surface area (Å²) in [6, 6.07) is 4.10. The maximum atomic E-state index is 10.5. The largest absolute Gasteiger partial charge is 0.491 e. The van der Waals surface area contributed by atoms with Crippen LogP contribution in [0.25, 0.3) is 0 Å². The summed E-state index contributed by atoms with van der Waals surface area (Å²) in [4.78, 5) is 10.0. The first kappa shape index (κ1) is 11.9. The SMILES string of the molecule is C#CCCCOc1cc([N+](=O)[O-])ccc1N. The fourth-order valence-electron chi connectivity index (χ4n) is 1.12. The van der Waals surface area contributed by atoms with Crippen molar-refractivity contribution in [2.24, 2.45) is 0 Å². The molecule has 5 nitrogen and oxygen atoms in total. The molecule has 0 saturated heterocycles. The Balaban J connectivity index is 2.67. The summed E-state index contributed by atoms with van der Waals surface area (Å²) in [6.07, 6.45) is 6.38. The molecule has 0 amide bonds. The maximum Gasteiger partial charge on any atom is 0.273 e. The average Bonchev–Trinajstić information content (AvgIpc) is 2.26. The second kappa shape index (κ2) is 5.61. The highest BCUT2D eigenvalue weighted by Crippen LogP contribution is 2.26. The van der Waals surface area contributed by atoms with E-state index in [0.29, 0.717) is 30.9 Å². The van der Waals surface area contributed by atoms with Crippen molar-refractivity contribution in [2.75, 3.05) is 12.3 Å². The molecule has 0 atom stereocenters. The van der Waals surface area contributed by atoms with Crippen molar-refractivity contribution in [3.8, 4) is 18.1 Å². The number of nitro benzene ring substituents is 1. The number of rotatable bonds is 5. The number of nitro groups is 1. The van der Waals surface area contributed by atoms with Crippen molar-refractivity contribution in [1.29, 1.82) is 0 Å². The van der Waals surface area contributed by atoms with Gasteiger partial charge in [-0.25, -0.2) is 0 Å². The summed E-state index contributed by atoms with van der Waals surface area (Å²) >= 11 is 0. The van der Waals surface area contributed by atoms with E-state index in [1.165, 1.54) is 18.2 Å². The van der Waals surface area contributed by atoms with Crippen LogP contribution in [-0.2, 0) is 0 Å². The summed E-state index contributed by atoms with van der Waals surface area (Å²) in [7, 11) is 0. The van der Waals surface area contributed by atoms with E-state index in [1.807, 2.05) is 0 Å². The number of benzene rings is 1. The number of hydrogen-bond donors (Lipinski definition) is 1. The Morgan fingerprint density at radius 2 is 2.31 bits per heavy atom. The molecule has 0 bridgehead atoms. The Kier molecular flexibility index (Phi) is 4.16. The molecule has 0 fully saturated rings. The van der Waals surface area contributed by atoms with Crippen molar-refractivity contribution in [3.05, 3.63) is 28.3 Å². The monoisotopic (exact) mass is 220 g/mol. The van der Waals surface area contributed by atoms with E-state index in [4.69, 9.17) is 16.9 Å². The summed E-state index contributed by atoms with van der Waals surface area (Å²) in [5.41, 5.74) is 5.96. The molecular formula is C11H12N2O3. The van der Waals surface area contributed by atoms with Crippen molar-refractivity contribution < 1.29 is 9.66 Å². The van der Waals surface area contributed by atoms with Gasteiger partial charge < -0.3 is 10.5 Å². The Labute approximate surface area is 93.4 Å². The summed E-state index contributed by atoms with van der Waals surface area (Å²) < 4.78 is 5.30. The zero-order chi connectivity index (χ0) is 12.0. The van der Waals surface area contributed by atoms with Gasteiger partial charge in [-0.1, -0.05) is 0 Å². The molecule has 0 heterocycles. The minimum Gasteiger partial charge on any atom is -0.491 e. The molecule has 0 spiro atoms. The second-order valence-corrected chi connectivity index (χ2v) is 3.14. The van der Waals surface area contributed by atoms with Gasteiger partial charge in [0.15, 0.2) is 0 Å². The minimum atomic E-state index is -0.492. The maximum absolute atomic E-state index is 10.5. The zero-order valence-corrected chi connectivity index (χ0v) is 8.68. The van der Waals surface area contributed by atoms with Gasteiger partial charge in [-0.3, -0.25) is 10.1 Å². The molecule has 0 aliphatic carbocycles. The smallest absolute Gasteiger partial charge is 0.273 e. The lowest BCUT2D eigenvalue weighted by Crippen LogP contribution is -2.01. The zero-order valence-electron chi connectivity index (χ0n) is 8.68. The van der Waals surface area contributed by atoms with E-state index in [1.54, 1.807) is 0 Å². The van der Waals surface area contributed by atoms with Gasteiger partial charge in [-0.15, -0.1) is 12.3 Å². The van der Waals surface area contributed by atoms with Crippen LogP contribution in [0.1, 0.15) is 12.8 Å². The van der Waals surface area contributed by atoms with E-state index in [9.17, 15) is 10.1 Å². The normalized spacial score (nSPS) is 9.44. The third kappa shape index (κ3) is 3.17. The van der Waals surface area contributed by atoms with E-state index in [2.05, 4.69) is 5.92 Å². The van der Waals surface area contributed by atoms with E-state index < -0.39 is 4.92 Å². The molecule has 0 aromatic heterocycles. The van der Waals surface area contributed by atoms with Crippen LogP contribution in [0.2, 0.25) is 0 Å². The molecule has 1 aromatic carbocycles. The molecule has 0 unspecified atom stereocenters. The number of terminal acetylenes is 1. The molecule has 2 N–H and O–H groups in total. The third-order valence-electron chi connectivity index (χ3n) is 1.93. The number of ether oxygens (including phenoxy) is 1. The van der Waals surface area contributed by atoms with Gasteiger partial charge in [0, 0.05) is 12.5 Å². The highest BCUT2D eigenvalue weighted by atomic mass is 16.6. The van der Waals surface area contributed by atoms with Crippen LogP contribution in [0.4, 0.5) is 11.4 Å². The van der Waals surface area contributed by atoms with Gasteiger partial charge in [0.05, 0.1) is 23.3 Å². The van der Waals surface area contributed by atoms with Crippen LogP contribution in [0.15, 0.2) is 18.2 Å². The number of nitrogens with zero attached hydrogens (tertiary/aromatic N) is 1. The lowest BCUT2D eigenvalue weighted by Gasteiger charge is -2.07. The van der Waals surface area contributed by atoms with E-state index in [0.717, 1.165) is 0 Å². The highest BCUT2D eigenvalue weighted by molar-refractivity contribution is 5.57. The summed E-state index contributed by atoms with van der Waals surface area (Å²) in [6.45, 7) is 0.398. The molecule has 0 radical (unpaired) electrons. The third-order valence-corrected chi connectivity index (χ3v) is 1.93. The molecular weight excluding hydrogens is 208 g/mol. The fourth-order valence-corrected chi connectivity index (χ4v) is 1.12. The summed E-state index contributed by atoms with van der Waals surface area (Å²) in [5, 5.41) is 10.5. The number of hydrogen-bond acceptors (Lipinski definition) is 4. The quantitative estimate of drug-likeness (QED) is 0.270. The van der Waals surface area contributed by atoms with Gasteiger partial charge in [0.25, 0.3) is 5.69 Å². The molecule has 0 saturated carbocycles. The average molecular weight is 220 g/mol. The van der Waals surface area contributed by atoms with Gasteiger partial charge in [0.2, 0.25) is 0 Å². The molecule has 5 heteroatoms. The van der Waals surface area contributed by atoms with Crippen molar-refractivity contribution in [1.82, 2.24) is 0 Å². The lowest BCUT2D eigenvalue weighted by molar-refractivity contribution is -0.384. The Hall–Kier alpha value is -2.22. The van der Waals surface area contributed by atoms with Crippen LogP contribution >= 0.6 is 0 Å². The predicted molar refractivity (Wildman–Crippen MR) is 61.1 cm³/mol. The van der Waals surface area contributed by atoms with Crippen LogP contribution < -0.4 is 10.5 Å². The number of nitrogens with two attached hydrogens (primary N) is 1. The Bertz CT molecular complexity index is 424. The van der Waals surface area contributed by atoms with E-state index in [-0.39, 0.29) is 5.69 Å². The lowest BCUT2D eigenvalue weighted by atomic mass is 10.2. The van der Waals surface area contributed by atoms with Gasteiger partial charge in [0.1, 0.15) is 5.75 Å². The molecule has 0 aliphatic rings. The van der Waals surface area contributed by atoms with Gasteiger partial charge in [-0.05, 0) is 12.5 Å². The summed E-state index contributed by atoms with van der Waals surface area (Å²) in [5.74, 6) is 2.80. The van der Waals surface area contributed by atoms with Gasteiger partial charge in [-0.2, -0.15) is 0 Å². The number of nitrogen functional groups attached to an aromatic ring is 1. The second-order valence-electron chi connectivity index (χ2n) is 3.14. The molecule has 0 aliphatic heterocycles. The molecule has 1 aromatic rings. The van der Waals surface area contributed by atoms with Crippen LogP contribution in [-0.4, -0.2) is 11.5 Å². The first-order valence-corrected chi connectivity index (χ1v) is 4.75. The van der Waals surface area contributed by atoms with Crippen molar-refractivity contribution in [2.45, 2.75) is 12.8 Å². The van der Waals surface area contributed by atoms with Crippen molar-refractivity contribution >= 4 is 11.4 Å². The standard InChI is InChI=1S/C11H12N2O3/c1-2-3-4-7-16-11-8-9(13(14)15)5-6-10(11)12/h1,5-6,8H,3-4,7,12H2. The number of non-ortho nitro benzene ring substituents is 1. The van der Waals surface area contributed by atoms with Crippen LogP contribution in [0.5, 0.6) is 5.75 Å². The highest BCUT2D eigenvalue weighted by Gasteiger charge is 2.09. The Morgan fingerprint density at radius 3 is 2.94 bits per heavy atom. The predicted octanol–water partition coefficient (Wildman–Crippen LogP) is 1.97. The van der Waals surface area contributed by atoms with Crippen molar-refractivity contribution in [3.63, 3.8) is 0 Å². The Morgan fingerprint density at radius 1 is 1.56 bits per heavy atom. The molecule has 1 rings (SSSR count). The number of unbranched alkanes of at least 4 members (excludes halogenated alkanes) is 1. The van der Waals surface area contributed by atoms with Gasteiger partial charge >= 0.3 is 0 Å². The molecule has 16 heavy (non-hydrogen) atoms.